The highest BCUT2D eigenvalue weighted by molar-refractivity contribution is 6.24. The van der Waals surface area contributed by atoms with Crippen molar-refractivity contribution in [2.75, 3.05) is 4.90 Å². The van der Waals surface area contributed by atoms with Crippen molar-refractivity contribution in [3.8, 4) is 0 Å². The Morgan fingerprint density at radius 3 is 2.60 bits per heavy atom. The van der Waals surface area contributed by atoms with Gasteiger partial charge < -0.3 is 9.88 Å². The van der Waals surface area contributed by atoms with Gasteiger partial charge in [-0.25, -0.2) is 9.69 Å². The standard InChI is InChI=1S/C15H17N3O2/c1-9(2)13-14(19)18(15(20)16-13)12-6-4-5-11-10(12)7-8-17(11)3/h4-9,13H,1-3H3,(H,16,20)/t13-/m1/s1. The summed E-state index contributed by atoms with van der Waals surface area (Å²) in [7, 11) is 1.94. The number of aryl methyl sites for hydroxylation is 1. The summed E-state index contributed by atoms with van der Waals surface area (Å²) in [6.45, 7) is 3.85. The lowest BCUT2D eigenvalue weighted by Gasteiger charge is -2.15. The quantitative estimate of drug-likeness (QED) is 0.852. The zero-order chi connectivity index (χ0) is 14.4. The van der Waals surface area contributed by atoms with Gasteiger partial charge in [0.25, 0.3) is 5.91 Å². The third kappa shape index (κ3) is 1.70. The molecule has 0 saturated carbocycles. The first-order valence-electron chi connectivity index (χ1n) is 6.69. The van der Waals surface area contributed by atoms with Crippen molar-refractivity contribution in [1.29, 1.82) is 0 Å². The Morgan fingerprint density at radius 1 is 1.20 bits per heavy atom. The second kappa shape index (κ2) is 4.37. The normalized spacial score (nSPS) is 19.2. The van der Waals surface area contributed by atoms with Crippen LogP contribution in [0.5, 0.6) is 0 Å². The molecule has 1 saturated heterocycles. The number of fused-ring (bicyclic) bond motifs is 1. The Hall–Kier alpha value is -2.30. The SMILES string of the molecule is CC(C)[C@H]1NC(=O)N(c2cccc3c2ccn3C)C1=O. The molecule has 1 fully saturated rings. The summed E-state index contributed by atoms with van der Waals surface area (Å²) < 4.78 is 1.97. The Kier molecular flexibility index (Phi) is 2.78. The molecule has 104 valence electrons. The maximum atomic E-state index is 12.4. The Morgan fingerprint density at radius 2 is 1.95 bits per heavy atom. The molecule has 1 atom stereocenters. The zero-order valence-corrected chi connectivity index (χ0v) is 11.8. The van der Waals surface area contributed by atoms with E-state index in [0.717, 1.165) is 10.9 Å². The maximum absolute atomic E-state index is 12.4. The highest BCUT2D eigenvalue weighted by atomic mass is 16.2. The van der Waals surface area contributed by atoms with Gasteiger partial charge in [-0.05, 0) is 24.1 Å². The number of anilines is 1. The number of benzene rings is 1. The van der Waals surface area contributed by atoms with E-state index in [4.69, 9.17) is 0 Å². The minimum absolute atomic E-state index is 0.0754. The minimum Gasteiger partial charge on any atom is -0.350 e. The van der Waals surface area contributed by atoms with Gasteiger partial charge in [-0.3, -0.25) is 4.79 Å². The molecule has 1 aliphatic heterocycles. The van der Waals surface area contributed by atoms with Crippen molar-refractivity contribution >= 4 is 28.5 Å². The Labute approximate surface area is 117 Å². The van der Waals surface area contributed by atoms with Crippen molar-refractivity contribution in [2.24, 2.45) is 13.0 Å². The van der Waals surface area contributed by atoms with Crippen molar-refractivity contribution in [1.82, 2.24) is 9.88 Å². The summed E-state index contributed by atoms with van der Waals surface area (Å²) in [6.07, 6.45) is 1.92. The van der Waals surface area contributed by atoms with Crippen LogP contribution in [-0.2, 0) is 11.8 Å². The molecule has 0 radical (unpaired) electrons. The van der Waals surface area contributed by atoms with E-state index in [0.29, 0.717) is 5.69 Å². The van der Waals surface area contributed by atoms with E-state index in [-0.39, 0.29) is 17.9 Å². The van der Waals surface area contributed by atoms with Gasteiger partial charge >= 0.3 is 6.03 Å². The summed E-state index contributed by atoms with van der Waals surface area (Å²) in [5, 5.41) is 3.66. The van der Waals surface area contributed by atoms with Crippen molar-refractivity contribution in [3.05, 3.63) is 30.5 Å². The summed E-state index contributed by atoms with van der Waals surface area (Å²) in [5.41, 5.74) is 1.64. The maximum Gasteiger partial charge on any atom is 0.329 e. The molecule has 0 spiro atoms. The average molecular weight is 271 g/mol. The van der Waals surface area contributed by atoms with Crippen LogP contribution in [0.2, 0.25) is 0 Å². The number of rotatable bonds is 2. The van der Waals surface area contributed by atoms with Gasteiger partial charge in [0.15, 0.2) is 0 Å². The number of aromatic nitrogens is 1. The predicted octanol–water partition coefficient (Wildman–Crippen LogP) is 2.26. The Bertz CT molecular complexity index is 702. The second-order valence-electron chi connectivity index (χ2n) is 5.48. The number of hydrogen-bond donors (Lipinski definition) is 1. The molecular weight excluding hydrogens is 254 g/mol. The van der Waals surface area contributed by atoms with Crippen LogP contribution in [0.4, 0.5) is 10.5 Å². The first kappa shape index (κ1) is 12.7. The van der Waals surface area contributed by atoms with E-state index >= 15 is 0 Å². The summed E-state index contributed by atoms with van der Waals surface area (Å²) in [5.74, 6) is -0.104. The van der Waals surface area contributed by atoms with E-state index in [1.54, 1.807) is 0 Å². The van der Waals surface area contributed by atoms with E-state index in [2.05, 4.69) is 5.32 Å². The number of urea groups is 1. The number of nitrogens with zero attached hydrogens (tertiary/aromatic N) is 2. The van der Waals surface area contributed by atoms with Gasteiger partial charge in [-0.2, -0.15) is 0 Å². The van der Waals surface area contributed by atoms with Gasteiger partial charge in [0.2, 0.25) is 0 Å². The van der Waals surface area contributed by atoms with Gasteiger partial charge in [0.1, 0.15) is 6.04 Å². The number of carbonyl (C=O) groups excluding carboxylic acids is 2. The van der Waals surface area contributed by atoms with Crippen LogP contribution in [0.15, 0.2) is 30.5 Å². The summed E-state index contributed by atoms with van der Waals surface area (Å²) >= 11 is 0. The molecule has 5 heteroatoms. The minimum atomic E-state index is -0.443. The lowest BCUT2D eigenvalue weighted by Crippen LogP contribution is -2.34. The number of imide groups is 1. The number of hydrogen-bond acceptors (Lipinski definition) is 2. The molecule has 5 nitrogen and oxygen atoms in total. The first-order chi connectivity index (χ1) is 9.50. The molecule has 0 bridgehead atoms. The molecule has 1 aromatic carbocycles. The molecule has 2 aromatic rings. The van der Waals surface area contributed by atoms with Crippen molar-refractivity contribution in [3.63, 3.8) is 0 Å². The highest BCUT2D eigenvalue weighted by Gasteiger charge is 2.41. The topological polar surface area (TPSA) is 54.3 Å². The van der Waals surface area contributed by atoms with Crippen LogP contribution in [0.3, 0.4) is 0 Å². The molecule has 2 heterocycles. The molecule has 0 aliphatic carbocycles. The predicted molar refractivity (Wildman–Crippen MR) is 77.6 cm³/mol. The summed E-state index contributed by atoms with van der Waals surface area (Å²) in [4.78, 5) is 25.8. The van der Waals surface area contributed by atoms with E-state index in [1.807, 2.05) is 55.9 Å². The first-order valence-corrected chi connectivity index (χ1v) is 6.69. The third-order valence-electron chi connectivity index (χ3n) is 3.78. The number of amides is 3. The molecule has 3 rings (SSSR count). The molecule has 1 aliphatic rings. The van der Waals surface area contributed by atoms with Crippen LogP contribution in [-0.4, -0.2) is 22.5 Å². The van der Waals surface area contributed by atoms with Crippen LogP contribution < -0.4 is 10.2 Å². The van der Waals surface area contributed by atoms with Gasteiger partial charge in [-0.15, -0.1) is 0 Å². The largest absolute Gasteiger partial charge is 0.350 e. The molecule has 20 heavy (non-hydrogen) atoms. The molecule has 3 amide bonds. The van der Waals surface area contributed by atoms with E-state index in [1.165, 1.54) is 4.90 Å². The van der Waals surface area contributed by atoms with E-state index < -0.39 is 6.04 Å². The molecular formula is C15H17N3O2. The lowest BCUT2D eigenvalue weighted by molar-refractivity contribution is -0.119. The highest BCUT2D eigenvalue weighted by Crippen LogP contribution is 2.30. The smallest absolute Gasteiger partial charge is 0.329 e. The molecule has 1 N–H and O–H groups in total. The second-order valence-corrected chi connectivity index (χ2v) is 5.48. The summed E-state index contributed by atoms with van der Waals surface area (Å²) in [6, 6.07) is 6.78. The fourth-order valence-corrected chi connectivity index (χ4v) is 2.66. The zero-order valence-electron chi connectivity index (χ0n) is 11.8. The Balaban J connectivity index is 2.12. The van der Waals surface area contributed by atoms with Crippen LogP contribution >= 0.6 is 0 Å². The lowest BCUT2D eigenvalue weighted by atomic mass is 10.0. The van der Waals surface area contributed by atoms with Crippen LogP contribution in [0, 0.1) is 5.92 Å². The van der Waals surface area contributed by atoms with Crippen molar-refractivity contribution < 1.29 is 9.59 Å². The number of nitrogens with one attached hydrogen (secondary N) is 1. The van der Waals surface area contributed by atoms with Crippen LogP contribution in [0.25, 0.3) is 10.9 Å². The van der Waals surface area contributed by atoms with E-state index in [9.17, 15) is 9.59 Å². The number of carbonyl (C=O) groups is 2. The average Bonchev–Trinajstić information content (AvgIpc) is 2.91. The monoisotopic (exact) mass is 271 g/mol. The van der Waals surface area contributed by atoms with Crippen molar-refractivity contribution in [2.45, 2.75) is 19.9 Å². The van der Waals surface area contributed by atoms with Crippen LogP contribution in [0.1, 0.15) is 13.8 Å². The molecule has 0 unspecified atom stereocenters. The third-order valence-corrected chi connectivity index (χ3v) is 3.78. The molecule has 1 aromatic heterocycles. The van der Waals surface area contributed by atoms with Gasteiger partial charge in [-0.1, -0.05) is 19.9 Å². The fourth-order valence-electron chi connectivity index (χ4n) is 2.66. The fraction of sp³-hybridized carbons (Fsp3) is 0.333. The van der Waals surface area contributed by atoms with Gasteiger partial charge in [0.05, 0.1) is 5.69 Å². The van der Waals surface area contributed by atoms with Gasteiger partial charge in [0, 0.05) is 24.1 Å².